The van der Waals surface area contributed by atoms with Gasteiger partial charge in [0, 0.05) is 17.8 Å². The van der Waals surface area contributed by atoms with Crippen LogP contribution >= 0.6 is 11.3 Å². The molecule has 0 bridgehead atoms. The van der Waals surface area contributed by atoms with Crippen molar-refractivity contribution in [1.82, 2.24) is 15.6 Å². The number of nitrogens with zero attached hydrogens (tertiary/aromatic N) is 1. The first-order valence-corrected chi connectivity index (χ1v) is 9.03. The number of hydrogen-bond acceptors (Lipinski definition) is 4. The maximum absolute atomic E-state index is 12.2. The standard InChI is InChI=1S/C18H23N3O2S/c1-11-12(2)24-17(20-11)9-10-19-18(22)21-15-8-7-14-13(15)5-4-6-16(14)23-3/h4-6,15H,7-10H2,1-3H3,(H2,19,21,22)/t15-/m1/s1. The van der Waals surface area contributed by atoms with Crippen molar-refractivity contribution in [3.8, 4) is 5.75 Å². The summed E-state index contributed by atoms with van der Waals surface area (Å²) in [5.41, 5.74) is 3.45. The number of fused-ring (bicyclic) bond motifs is 1. The second kappa shape index (κ2) is 7.21. The van der Waals surface area contributed by atoms with E-state index in [0.29, 0.717) is 6.54 Å². The fraction of sp³-hybridized carbons (Fsp3) is 0.444. The normalized spacial score (nSPS) is 15.9. The summed E-state index contributed by atoms with van der Waals surface area (Å²) in [5, 5.41) is 7.07. The summed E-state index contributed by atoms with van der Waals surface area (Å²) in [7, 11) is 1.69. The highest BCUT2D eigenvalue weighted by atomic mass is 32.1. The predicted octanol–water partition coefficient (Wildman–Crippen LogP) is 3.30. The number of benzene rings is 1. The van der Waals surface area contributed by atoms with E-state index in [9.17, 15) is 4.79 Å². The summed E-state index contributed by atoms with van der Waals surface area (Å²) < 4.78 is 5.40. The SMILES string of the molecule is COc1cccc2c1CC[C@H]2NC(=O)NCCc1nc(C)c(C)s1. The summed E-state index contributed by atoms with van der Waals surface area (Å²) in [6.07, 6.45) is 2.61. The van der Waals surface area contributed by atoms with Gasteiger partial charge in [0.05, 0.1) is 23.9 Å². The van der Waals surface area contributed by atoms with Crippen LogP contribution in [0.1, 0.15) is 39.2 Å². The molecule has 2 aromatic rings. The van der Waals surface area contributed by atoms with Crippen LogP contribution in [-0.2, 0) is 12.8 Å². The lowest BCUT2D eigenvalue weighted by atomic mass is 10.1. The Morgan fingerprint density at radius 2 is 2.25 bits per heavy atom. The zero-order chi connectivity index (χ0) is 17.1. The summed E-state index contributed by atoms with van der Waals surface area (Å²) in [6, 6.07) is 5.94. The number of ether oxygens (including phenoxy) is 1. The third-order valence-corrected chi connectivity index (χ3v) is 5.58. The minimum Gasteiger partial charge on any atom is -0.496 e. The van der Waals surface area contributed by atoms with Gasteiger partial charge in [-0.3, -0.25) is 0 Å². The molecule has 1 atom stereocenters. The lowest BCUT2D eigenvalue weighted by Crippen LogP contribution is -2.38. The van der Waals surface area contributed by atoms with E-state index in [1.54, 1.807) is 18.4 Å². The lowest BCUT2D eigenvalue weighted by molar-refractivity contribution is 0.237. The number of urea groups is 1. The molecule has 0 unspecified atom stereocenters. The fourth-order valence-corrected chi connectivity index (χ4v) is 4.03. The zero-order valence-corrected chi connectivity index (χ0v) is 15.1. The number of carbonyl (C=O) groups excluding carboxylic acids is 1. The molecule has 0 aliphatic heterocycles. The van der Waals surface area contributed by atoms with Crippen LogP contribution in [0.5, 0.6) is 5.75 Å². The summed E-state index contributed by atoms with van der Waals surface area (Å²) in [5.74, 6) is 0.909. The third-order valence-electron chi connectivity index (χ3n) is 4.45. The maximum atomic E-state index is 12.2. The quantitative estimate of drug-likeness (QED) is 0.874. The first kappa shape index (κ1) is 16.8. The minimum absolute atomic E-state index is 0.0550. The van der Waals surface area contributed by atoms with Crippen molar-refractivity contribution < 1.29 is 9.53 Å². The van der Waals surface area contributed by atoms with E-state index in [1.807, 2.05) is 19.1 Å². The van der Waals surface area contributed by atoms with Crippen molar-refractivity contribution in [2.45, 2.75) is 39.2 Å². The van der Waals surface area contributed by atoms with Crippen molar-refractivity contribution in [1.29, 1.82) is 0 Å². The first-order valence-electron chi connectivity index (χ1n) is 8.21. The Morgan fingerprint density at radius 1 is 1.42 bits per heavy atom. The Morgan fingerprint density at radius 3 is 2.96 bits per heavy atom. The molecule has 3 rings (SSSR count). The molecule has 24 heavy (non-hydrogen) atoms. The number of amides is 2. The molecule has 2 amide bonds. The van der Waals surface area contributed by atoms with Gasteiger partial charge in [-0.25, -0.2) is 9.78 Å². The molecule has 6 heteroatoms. The summed E-state index contributed by atoms with van der Waals surface area (Å²) in [4.78, 5) is 17.9. The molecule has 0 fully saturated rings. The van der Waals surface area contributed by atoms with Crippen LogP contribution in [0.15, 0.2) is 18.2 Å². The van der Waals surface area contributed by atoms with Gasteiger partial charge in [-0.15, -0.1) is 11.3 Å². The van der Waals surface area contributed by atoms with E-state index in [1.165, 1.54) is 10.4 Å². The van der Waals surface area contributed by atoms with Crippen molar-refractivity contribution in [3.05, 3.63) is 44.9 Å². The van der Waals surface area contributed by atoms with Crippen LogP contribution in [0.25, 0.3) is 0 Å². The van der Waals surface area contributed by atoms with Crippen LogP contribution in [0.2, 0.25) is 0 Å². The molecule has 1 aromatic carbocycles. The molecule has 0 saturated heterocycles. The molecule has 0 saturated carbocycles. The van der Waals surface area contributed by atoms with Gasteiger partial charge in [-0.1, -0.05) is 12.1 Å². The molecule has 1 aliphatic carbocycles. The summed E-state index contributed by atoms with van der Waals surface area (Å²) >= 11 is 1.70. The highest BCUT2D eigenvalue weighted by Crippen LogP contribution is 2.36. The van der Waals surface area contributed by atoms with Gasteiger partial charge in [0.2, 0.25) is 0 Å². The number of thiazole rings is 1. The molecule has 5 nitrogen and oxygen atoms in total. The molecule has 1 heterocycles. The fourth-order valence-electron chi connectivity index (χ4n) is 3.10. The number of aromatic nitrogens is 1. The average Bonchev–Trinajstić information content (AvgIpc) is 3.11. The van der Waals surface area contributed by atoms with Gasteiger partial charge in [-0.05, 0) is 43.9 Å². The van der Waals surface area contributed by atoms with Crippen molar-refractivity contribution in [3.63, 3.8) is 0 Å². The lowest BCUT2D eigenvalue weighted by Gasteiger charge is -2.15. The highest BCUT2D eigenvalue weighted by molar-refractivity contribution is 7.11. The largest absolute Gasteiger partial charge is 0.496 e. The number of hydrogen-bond donors (Lipinski definition) is 2. The maximum Gasteiger partial charge on any atom is 0.315 e. The molecule has 0 radical (unpaired) electrons. The van der Waals surface area contributed by atoms with E-state index in [-0.39, 0.29) is 12.1 Å². The topological polar surface area (TPSA) is 63.2 Å². The van der Waals surface area contributed by atoms with Crippen LogP contribution in [-0.4, -0.2) is 24.7 Å². The van der Waals surface area contributed by atoms with Crippen LogP contribution in [0.4, 0.5) is 4.79 Å². The zero-order valence-electron chi connectivity index (χ0n) is 14.3. The smallest absolute Gasteiger partial charge is 0.315 e. The number of nitrogens with one attached hydrogen (secondary N) is 2. The van der Waals surface area contributed by atoms with Crippen molar-refractivity contribution >= 4 is 17.4 Å². The Labute approximate surface area is 146 Å². The molecule has 1 aromatic heterocycles. The average molecular weight is 345 g/mol. The minimum atomic E-state index is -0.124. The van der Waals surface area contributed by atoms with E-state index in [4.69, 9.17) is 4.74 Å². The van der Waals surface area contributed by atoms with Crippen molar-refractivity contribution in [2.75, 3.05) is 13.7 Å². The predicted molar refractivity (Wildman–Crippen MR) is 95.9 cm³/mol. The number of aryl methyl sites for hydroxylation is 2. The van der Waals surface area contributed by atoms with Gasteiger partial charge in [0.1, 0.15) is 5.75 Å². The monoisotopic (exact) mass is 345 g/mol. The third kappa shape index (κ3) is 3.53. The summed E-state index contributed by atoms with van der Waals surface area (Å²) in [6.45, 7) is 4.68. The van der Waals surface area contributed by atoms with Gasteiger partial charge in [0.15, 0.2) is 0 Å². The van der Waals surface area contributed by atoms with Gasteiger partial charge in [-0.2, -0.15) is 0 Å². The van der Waals surface area contributed by atoms with Gasteiger partial charge in [0.25, 0.3) is 0 Å². The van der Waals surface area contributed by atoms with Crippen LogP contribution in [0, 0.1) is 13.8 Å². The Bertz CT molecular complexity index is 722. The molecule has 2 N–H and O–H groups in total. The Kier molecular flexibility index (Phi) is 5.04. The first-order chi connectivity index (χ1) is 11.6. The molecule has 1 aliphatic rings. The molecule has 0 spiro atoms. The van der Waals surface area contributed by atoms with Gasteiger partial charge >= 0.3 is 6.03 Å². The van der Waals surface area contributed by atoms with Gasteiger partial charge < -0.3 is 15.4 Å². The second-order valence-electron chi connectivity index (χ2n) is 6.02. The number of rotatable bonds is 5. The van der Waals surface area contributed by atoms with E-state index < -0.39 is 0 Å². The Hall–Kier alpha value is -2.08. The van der Waals surface area contributed by atoms with E-state index in [0.717, 1.165) is 41.3 Å². The van der Waals surface area contributed by atoms with Crippen LogP contribution in [0.3, 0.4) is 0 Å². The van der Waals surface area contributed by atoms with E-state index >= 15 is 0 Å². The highest BCUT2D eigenvalue weighted by Gasteiger charge is 2.26. The number of methoxy groups -OCH3 is 1. The molecular weight excluding hydrogens is 322 g/mol. The molecule has 128 valence electrons. The number of carbonyl (C=O) groups is 1. The molecular formula is C18H23N3O2S. The van der Waals surface area contributed by atoms with Crippen molar-refractivity contribution in [2.24, 2.45) is 0 Å². The van der Waals surface area contributed by atoms with Crippen LogP contribution < -0.4 is 15.4 Å². The van der Waals surface area contributed by atoms with E-state index in [2.05, 4.69) is 28.6 Å². The second-order valence-corrected chi connectivity index (χ2v) is 7.31. The Balaban J connectivity index is 1.52.